The van der Waals surface area contributed by atoms with Crippen LogP contribution in [-0.4, -0.2) is 9.93 Å². The molecule has 24 heavy (non-hydrogen) atoms. The molecule has 0 amide bonds. The maximum Gasteiger partial charge on any atom is 1.00 e. The van der Waals surface area contributed by atoms with Gasteiger partial charge in [0.2, 0.25) is 0 Å². The maximum absolute atomic E-state index is 11.2. The normalized spacial score (nSPS) is 9.54. The molecular weight excluding hydrogens is 333 g/mol. The molecule has 4 nitrogen and oxygen atoms in total. The molecule has 1 aromatic heterocycles. The Morgan fingerprint density at radius 3 is 2.17 bits per heavy atom. The Kier molecular flexibility index (Phi) is 13.9. The average molecular weight is 357 g/mol. The van der Waals surface area contributed by atoms with E-state index < -0.39 is 5.97 Å². The summed E-state index contributed by atoms with van der Waals surface area (Å²) in [6.45, 7) is 3.13. The number of rotatable bonds is 8. The first-order valence-electron chi connectivity index (χ1n) is 8.06. The summed E-state index contributed by atoms with van der Waals surface area (Å²) in [5.74, 6) is -1.13. The Morgan fingerprint density at radius 2 is 1.67 bits per heavy atom. The molecule has 0 N–H and O–H groups in total. The van der Waals surface area contributed by atoms with E-state index in [2.05, 4.69) is 6.92 Å². The van der Waals surface area contributed by atoms with Crippen molar-refractivity contribution in [3.05, 3.63) is 57.7 Å². The summed E-state index contributed by atoms with van der Waals surface area (Å²) in [5, 5.41) is 12.0. The molecule has 0 saturated carbocycles. The van der Waals surface area contributed by atoms with Crippen molar-refractivity contribution in [2.24, 2.45) is 0 Å². The summed E-state index contributed by atoms with van der Waals surface area (Å²) in [6, 6.07) is 9.70. The third-order valence-electron chi connectivity index (χ3n) is 3.37. The first-order chi connectivity index (χ1) is 11.1. The SMILES string of the molecule is CCCCCCCCn1sccc1=O.O=C([O-])c1ccccc1.[Na+]. The largest absolute Gasteiger partial charge is 1.00 e. The predicted octanol–water partition coefficient (Wildman–Crippen LogP) is 0.324. The summed E-state index contributed by atoms with van der Waals surface area (Å²) < 4.78 is 1.83. The van der Waals surface area contributed by atoms with E-state index in [0.29, 0.717) is 0 Å². The number of aromatic nitrogens is 1. The van der Waals surface area contributed by atoms with Gasteiger partial charge in [-0.3, -0.25) is 8.75 Å². The zero-order valence-electron chi connectivity index (χ0n) is 14.6. The van der Waals surface area contributed by atoms with Crippen molar-refractivity contribution in [3.63, 3.8) is 0 Å². The second-order valence-corrected chi connectivity index (χ2v) is 6.19. The first-order valence-corrected chi connectivity index (χ1v) is 8.90. The smallest absolute Gasteiger partial charge is 0.545 e. The van der Waals surface area contributed by atoms with Crippen LogP contribution in [0, 0.1) is 0 Å². The standard InChI is InChI=1S/C11H19NOS.C7H6O2.Na/c1-2-3-4-5-6-7-9-12-11(13)8-10-14-12;8-7(9)6-4-2-1-3-5-6;/h8,10H,2-7,9H2,1H3;1-5H,(H,8,9);/q;;+1/p-1. The Morgan fingerprint density at radius 1 is 1.04 bits per heavy atom. The number of aromatic carboxylic acids is 1. The van der Waals surface area contributed by atoms with Crippen molar-refractivity contribution < 1.29 is 39.5 Å². The van der Waals surface area contributed by atoms with E-state index in [9.17, 15) is 14.7 Å². The molecule has 0 aliphatic carbocycles. The molecule has 2 rings (SSSR count). The molecule has 0 unspecified atom stereocenters. The second-order valence-electron chi connectivity index (χ2n) is 5.27. The summed E-state index contributed by atoms with van der Waals surface area (Å²) in [6.07, 6.45) is 7.70. The zero-order chi connectivity index (χ0) is 16.9. The molecule has 0 aliphatic rings. The monoisotopic (exact) mass is 357 g/mol. The molecule has 0 atom stereocenters. The van der Waals surface area contributed by atoms with Crippen LogP contribution in [0.4, 0.5) is 0 Å². The van der Waals surface area contributed by atoms with Gasteiger partial charge >= 0.3 is 29.6 Å². The second kappa shape index (κ2) is 14.5. The van der Waals surface area contributed by atoms with Crippen LogP contribution in [-0.2, 0) is 6.54 Å². The van der Waals surface area contributed by atoms with Crippen molar-refractivity contribution in [2.45, 2.75) is 52.0 Å². The molecule has 1 aromatic carbocycles. The van der Waals surface area contributed by atoms with Gasteiger partial charge in [-0.1, -0.05) is 80.9 Å². The minimum atomic E-state index is -1.13. The molecule has 1 heterocycles. The van der Waals surface area contributed by atoms with Crippen LogP contribution in [0.25, 0.3) is 0 Å². The molecule has 2 aromatic rings. The number of nitrogens with zero attached hydrogens (tertiary/aromatic N) is 1. The summed E-state index contributed by atoms with van der Waals surface area (Å²) in [5.41, 5.74) is 0.376. The number of carbonyl (C=O) groups is 1. The van der Waals surface area contributed by atoms with Crippen LogP contribution in [0.2, 0.25) is 0 Å². The average Bonchev–Trinajstić information content (AvgIpc) is 2.97. The number of unbranched alkanes of at least 4 members (excludes halogenated alkanes) is 5. The van der Waals surface area contributed by atoms with Gasteiger partial charge in [0.1, 0.15) is 0 Å². The van der Waals surface area contributed by atoms with Gasteiger partial charge in [-0.2, -0.15) is 0 Å². The van der Waals surface area contributed by atoms with E-state index in [0.717, 1.165) is 13.0 Å². The number of aryl methyl sites for hydroxylation is 1. The number of hydrogen-bond acceptors (Lipinski definition) is 4. The summed E-state index contributed by atoms with van der Waals surface area (Å²) in [4.78, 5) is 21.2. The minimum absolute atomic E-state index is 0. The van der Waals surface area contributed by atoms with Crippen LogP contribution in [0.1, 0.15) is 55.8 Å². The Labute approximate surface area is 170 Å². The van der Waals surface area contributed by atoms with Gasteiger partial charge in [-0.15, -0.1) is 0 Å². The molecule has 0 bridgehead atoms. The van der Waals surface area contributed by atoms with E-state index in [1.165, 1.54) is 55.8 Å². The van der Waals surface area contributed by atoms with Crippen LogP contribution in [0.5, 0.6) is 0 Å². The Hall–Kier alpha value is -0.880. The van der Waals surface area contributed by atoms with Gasteiger partial charge in [-0.25, -0.2) is 0 Å². The maximum atomic E-state index is 11.2. The predicted molar refractivity (Wildman–Crippen MR) is 92.7 cm³/mol. The topological polar surface area (TPSA) is 62.1 Å². The van der Waals surface area contributed by atoms with Crippen molar-refractivity contribution in [1.82, 2.24) is 3.96 Å². The quantitative estimate of drug-likeness (QED) is 0.505. The van der Waals surface area contributed by atoms with Crippen molar-refractivity contribution >= 4 is 17.5 Å². The third kappa shape index (κ3) is 10.1. The Balaban J connectivity index is 0.000000460. The zero-order valence-corrected chi connectivity index (χ0v) is 17.4. The molecule has 0 spiro atoms. The molecule has 126 valence electrons. The number of hydrogen-bond donors (Lipinski definition) is 0. The number of carbonyl (C=O) groups excluding carboxylic acids is 1. The van der Waals surface area contributed by atoms with E-state index >= 15 is 0 Å². The number of benzene rings is 1. The van der Waals surface area contributed by atoms with Gasteiger partial charge in [0.25, 0.3) is 5.56 Å². The van der Waals surface area contributed by atoms with Crippen molar-refractivity contribution in [3.8, 4) is 0 Å². The van der Waals surface area contributed by atoms with Gasteiger partial charge in [-0.05, 0) is 12.0 Å². The number of carboxylic acids is 1. The van der Waals surface area contributed by atoms with Crippen LogP contribution in [0.15, 0.2) is 46.6 Å². The molecule has 0 fully saturated rings. The first kappa shape index (κ1) is 23.1. The fraction of sp³-hybridized carbons (Fsp3) is 0.444. The van der Waals surface area contributed by atoms with Gasteiger partial charge in [0.15, 0.2) is 0 Å². The van der Waals surface area contributed by atoms with Gasteiger partial charge in [0.05, 0.1) is 5.97 Å². The fourth-order valence-corrected chi connectivity index (χ4v) is 2.79. The van der Waals surface area contributed by atoms with Crippen LogP contribution < -0.4 is 40.2 Å². The van der Waals surface area contributed by atoms with E-state index in [1.807, 2.05) is 9.34 Å². The molecule has 0 aliphatic heterocycles. The summed E-state index contributed by atoms with van der Waals surface area (Å²) >= 11 is 1.52. The fourth-order valence-electron chi connectivity index (χ4n) is 2.07. The van der Waals surface area contributed by atoms with Crippen molar-refractivity contribution in [2.75, 3.05) is 0 Å². The third-order valence-corrected chi connectivity index (χ3v) is 4.24. The molecule has 0 saturated heterocycles. The number of carboxylic acid groups (broad SMARTS) is 1. The molecular formula is C18H24NNaO3S. The van der Waals surface area contributed by atoms with E-state index in [4.69, 9.17) is 0 Å². The molecule has 6 heteroatoms. The molecule has 0 radical (unpaired) electrons. The van der Waals surface area contributed by atoms with E-state index in [1.54, 1.807) is 24.3 Å². The van der Waals surface area contributed by atoms with Crippen LogP contribution in [0.3, 0.4) is 0 Å². The van der Waals surface area contributed by atoms with Gasteiger partial charge < -0.3 is 9.90 Å². The minimum Gasteiger partial charge on any atom is -0.545 e. The summed E-state index contributed by atoms with van der Waals surface area (Å²) in [7, 11) is 0. The van der Waals surface area contributed by atoms with Crippen molar-refractivity contribution in [1.29, 1.82) is 0 Å². The van der Waals surface area contributed by atoms with Crippen LogP contribution >= 0.6 is 11.5 Å². The Bertz CT molecular complexity index is 610. The van der Waals surface area contributed by atoms with Gasteiger partial charge in [0, 0.05) is 18.0 Å². The van der Waals surface area contributed by atoms with E-state index in [-0.39, 0.29) is 40.7 Å².